The van der Waals surface area contributed by atoms with E-state index in [9.17, 15) is 14.0 Å². The minimum Gasteiger partial charge on any atom is -0.493 e. The number of nitrogens with one attached hydrogen (secondary N) is 2. The van der Waals surface area contributed by atoms with Crippen LogP contribution >= 0.6 is 0 Å². The summed E-state index contributed by atoms with van der Waals surface area (Å²) in [5.74, 6) is -0.0444. The molecule has 0 spiro atoms. The van der Waals surface area contributed by atoms with Crippen molar-refractivity contribution in [3.63, 3.8) is 0 Å². The molecule has 6 nitrogen and oxygen atoms in total. The van der Waals surface area contributed by atoms with Gasteiger partial charge in [-0.2, -0.15) is 0 Å². The average molecular weight is 478 g/mol. The number of carbonyl (C=O) groups excluding carboxylic acids is 2. The Kier molecular flexibility index (Phi) is 8.32. The van der Waals surface area contributed by atoms with Crippen LogP contribution in [0.15, 0.2) is 66.7 Å². The first kappa shape index (κ1) is 24.7. The number of hydrogen-bond acceptors (Lipinski definition) is 4. The first-order valence-corrected chi connectivity index (χ1v) is 12.1. The predicted molar refractivity (Wildman–Crippen MR) is 134 cm³/mol. The lowest BCUT2D eigenvalue weighted by Gasteiger charge is -2.37. The number of halogens is 1. The Morgan fingerprint density at radius 2 is 1.77 bits per heavy atom. The van der Waals surface area contributed by atoms with Gasteiger partial charge in [-0.05, 0) is 41.0 Å². The van der Waals surface area contributed by atoms with Crippen molar-refractivity contribution in [2.45, 2.75) is 19.9 Å². The third kappa shape index (κ3) is 7.26. The Bertz CT molecular complexity index is 1170. The first-order chi connectivity index (χ1) is 17.0. The standard InChI is InChI=1S/C28H32FN3O3/c1-20(33)30-11-12-31-28(34)25-14-22(19-35-27-8-4-7-26(29)15-27)17-32(18-25)16-21-9-10-23-5-2-3-6-24(23)13-21/h2-10,13,15,22,25H,11-12,14,16-19H2,1H3,(H,30,33)(H,31,34)/t22-,25+/m0/s1. The molecule has 1 heterocycles. The topological polar surface area (TPSA) is 70.7 Å². The molecule has 1 fully saturated rings. The van der Waals surface area contributed by atoms with E-state index in [0.29, 0.717) is 38.4 Å². The number of likely N-dealkylation sites (tertiary alicyclic amines) is 1. The fourth-order valence-corrected chi connectivity index (χ4v) is 4.68. The largest absolute Gasteiger partial charge is 0.493 e. The molecule has 0 saturated carbocycles. The lowest BCUT2D eigenvalue weighted by atomic mass is 9.88. The number of amides is 2. The lowest BCUT2D eigenvalue weighted by molar-refractivity contribution is -0.128. The van der Waals surface area contributed by atoms with Crippen LogP contribution in [-0.2, 0) is 16.1 Å². The first-order valence-electron chi connectivity index (χ1n) is 12.1. The molecule has 3 aromatic rings. The summed E-state index contributed by atoms with van der Waals surface area (Å²) in [6.45, 7) is 4.83. The minimum atomic E-state index is -0.333. The third-order valence-corrected chi connectivity index (χ3v) is 6.28. The summed E-state index contributed by atoms with van der Waals surface area (Å²) in [5.41, 5.74) is 1.19. The second kappa shape index (κ2) is 11.8. The molecule has 0 aromatic heterocycles. The molecule has 3 aromatic carbocycles. The third-order valence-electron chi connectivity index (χ3n) is 6.28. The number of hydrogen-bond donors (Lipinski definition) is 2. The van der Waals surface area contributed by atoms with E-state index >= 15 is 0 Å². The monoisotopic (exact) mass is 477 g/mol. The number of carbonyl (C=O) groups is 2. The molecule has 2 N–H and O–H groups in total. The molecule has 2 amide bonds. The highest BCUT2D eigenvalue weighted by molar-refractivity contribution is 5.83. The van der Waals surface area contributed by atoms with Crippen LogP contribution in [0.5, 0.6) is 5.75 Å². The van der Waals surface area contributed by atoms with Crippen LogP contribution in [0.4, 0.5) is 4.39 Å². The van der Waals surface area contributed by atoms with Crippen molar-refractivity contribution in [1.29, 1.82) is 0 Å². The molecule has 35 heavy (non-hydrogen) atoms. The van der Waals surface area contributed by atoms with Gasteiger partial charge in [0.25, 0.3) is 0 Å². The van der Waals surface area contributed by atoms with Crippen molar-refractivity contribution in [3.8, 4) is 5.75 Å². The summed E-state index contributed by atoms with van der Waals surface area (Å²) < 4.78 is 19.4. The molecule has 0 bridgehead atoms. The van der Waals surface area contributed by atoms with E-state index in [4.69, 9.17) is 4.74 Å². The second-order valence-corrected chi connectivity index (χ2v) is 9.22. The van der Waals surface area contributed by atoms with E-state index in [1.807, 2.05) is 12.1 Å². The van der Waals surface area contributed by atoms with Gasteiger partial charge in [0.1, 0.15) is 11.6 Å². The zero-order chi connectivity index (χ0) is 24.6. The average Bonchev–Trinajstić information content (AvgIpc) is 2.85. The van der Waals surface area contributed by atoms with E-state index in [2.05, 4.69) is 45.9 Å². The summed E-state index contributed by atoms with van der Waals surface area (Å²) in [6, 6.07) is 20.9. The number of fused-ring (bicyclic) bond motifs is 1. The lowest BCUT2D eigenvalue weighted by Crippen LogP contribution is -2.48. The predicted octanol–water partition coefficient (Wildman–Crippen LogP) is 3.75. The smallest absolute Gasteiger partial charge is 0.224 e. The van der Waals surface area contributed by atoms with Crippen LogP contribution in [0.2, 0.25) is 0 Å². The van der Waals surface area contributed by atoms with Crippen LogP contribution in [0.3, 0.4) is 0 Å². The highest BCUT2D eigenvalue weighted by Gasteiger charge is 2.32. The van der Waals surface area contributed by atoms with Crippen LogP contribution in [-0.4, -0.2) is 49.5 Å². The van der Waals surface area contributed by atoms with E-state index in [1.165, 1.54) is 35.4 Å². The van der Waals surface area contributed by atoms with Gasteiger partial charge in [-0.3, -0.25) is 14.5 Å². The maximum Gasteiger partial charge on any atom is 0.224 e. The maximum absolute atomic E-state index is 13.5. The molecule has 0 aliphatic carbocycles. The van der Waals surface area contributed by atoms with Crippen molar-refractivity contribution < 1.29 is 18.7 Å². The molecular weight excluding hydrogens is 445 g/mol. The van der Waals surface area contributed by atoms with Gasteiger partial charge in [0.2, 0.25) is 11.8 Å². The van der Waals surface area contributed by atoms with Crippen LogP contribution in [0, 0.1) is 17.7 Å². The van der Waals surface area contributed by atoms with Crippen LogP contribution < -0.4 is 15.4 Å². The quantitative estimate of drug-likeness (QED) is 0.461. The molecule has 0 radical (unpaired) electrons. The molecule has 4 rings (SSSR count). The SMILES string of the molecule is CC(=O)NCCNC(=O)[C@@H]1C[C@H](COc2cccc(F)c2)CN(Cc2ccc3ccccc3c2)C1. The number of nitrogens with zero attached hydrogens (tertiary/aromatic N) is 1. The molecule has 2 atom stereocenters. The van der Waals surface area contributed by atoms with Gasteiger partial charge >= 0.3 is 0 Å². The molecule has 1 aliphatic rings. The number of piperidine rings is 1. The van der Waals surface area contributed by atoms with Crippen molar-refractivity contribution in [2.24, 2.45) is 11.8 Å². The summed E-state index contributed by atoms with van der Waals surface area (Å²) in [6.07, 6.45) is 0.690. The summed E-state index contributed by atoms with van der Waals surface area (Å²) in [7, 11) is 0. The number of rotatable bonds is 9. The van der Waals surface area contributed by atoms with Crippen molar-refractivity contribution in [3.05, 3.63) is 78.1 Å². The fraction of sp³-hybridized carbons (Fsp3) is 0.357. The molecule has 1 saturated heterocycles. The summed E-state index contributed by atoms with van der Waals surface area (Å²) in [4.78, 5) is 26.3. The molecule has 0 unspecified atom stereocenters. The zero-order valence-electron chi connectivity index (χ0n) is 20.0. The molecule has 1 aliphatic heterocycles. The van der Waals surface area contributed by atoms with Crippen molar-refractivity contribution >= 4 is 22.6 Å². The van der Waals surface area contributed by atoms with Crippen molar-refractivity contribution in [2.75, 3.05) is 32.8 Å². The Balaban J connectivity index is 1.42. The molecular formula is C28H32FN3O3. The Labute approximate surface area is 205 Å². The second-order valence-electron chi connectivity index (χ2n) is 9.22. The van der Waals surface area contributed by atoms with E-state index < -0.39 is 0 Å². The van der Waals surface area contributed by atoms with Gasteiger partial charge in [0, 0.05) is 51.6 Å². The highest BCUT2D eigenvalue weighted by Crippen LogP contribution is 2.26. The fourth-order valence-electron chi connectivity index (χ4n) is 4.68. The van der Waals surface area contributed by atoms with Gasteiger partial charge in [-0.25, -0.2) is 4.39 Å². The number of ether oxygens (including phenoxy) is 1. The summed E-state index contributed by atoms with van der Waals surface area (Å²) >= 11 is 0. The van der Waals surface area contributed by atoms with Gasteiger partial charge in [-0.1, -0.05) is 42.5 Å². The van der Waals surface area contributed by atoms with Gasteiger partial charge in [0.05, 0.1) is 12.5 Å². The van der Waals surface area contributed by atoms with Crippen LogP contribution in [0.25, 0.3) is 10.8 Å². The molecule has 7 heteroatoms. The van der Waals surface area contributed by atoms with E-state index in [-0.39, 0.29) is 29.5 Å². The van der Waals surface area contributed by atoms with Gasteiger partial charge in [-0.15, -0.1) is 0 Å². The van der Waals surface area contributed by atoms with Gasteiger partial charge in [0.15, 0.2) is 0 Å². The number of benzene rings is 3. The maximum atomic E-state index is 13.5. The van der Waals surface area contributed by atoms with Gasteiger partial charge < -0.3 is 15.4 Å². The Hall–Kier alpha value is -3.45. The summed E-state index contributed by atoms with van der Waals surface area (Å²) in [5, 5.41) is 8.04. The zero-order valence-corrected chi connectivity index (χ0v) is 20.0. The van der Waals surface area contributed by atoms with E-state index in [0.717, 1.165) is 13.1 Å². The van der Waals surface area contributed by atoms with Crippen LogP contribution in [0.1, 0.15) is 18.9 Å². The minimum absolute atomic E-state index is 0.0191. The van der Waals surface area contributed by atoms with E-state index in [1.54, 1.807) is 12.1 Å². The molecule has 184 valence electrons. The Morgan fingerprint density at radius 1 is 0.971 bits per heavy atom. The Morgan fingerprint density at radius 3 is 2.57 bits per heavy atom. The normalized spacial score (nSPS) is 18.2. The van der Waals surface area contributed by atoms with Crippen molar-refractivity contribution in [1.82, 2.24) is 15.5 Å². The highest BCUT2D eigenvalue weighted by atomic mass is 19.1.